The van der Waals surface area contributed by atoms with Crippen molar-refractivity contribution in [2.45, 2.75) is 36.7 Å². The number of carbonyl (C=O) groups is 1. The SMILES string of the molecule is COc1cc2oc(=O)cc(CS)c2cc1C.Cc1ccc2c(c1)Oc1cc(O)ccc1C21OC(=O)c2cc(CS)ccc21.SCc1ccc2ccc3cccc4ccc1c2c34. The predicted octanol–water partition coefficient (Wildman–Crippen LogP) is 12.3. The largest absolute Gasteiger partial charge is 0.508 e. The van der Waals surface area contributed by atoms with E-state index in [1.807, 2.05) is 56.3 Å². The van der Waals surface area contributed by atoms with Crippen LogP contribution >= 0.6 is 37.9 Å². The van der Waals surface area contributed by atoms with E-state index in [0.717, 1.165) is 44.5 Å². The summed E-state index contributed by atoms with van der Waals surface area (Å²) in [6.07, 6.45) is 0. The molecule has 8 aromatic carbocycles. The van der Waals surface area contributed by atoms with Crippen molar-refractivity contribution in [3.63, 3.8) is 0 Å². The zero-order valence-electron chi connectivity index (χ0n) is 33.5. The number of phenolic OH excluding ortho intramolecular Hbond substituents is 1. The average molecular weight is 861 g/mol. The monoisotopic (exact) mass is 860 g/mol. The maximum Gasteiger partial charge on any atom is 0.340 e. The first-order valence-electron chi connectivity index (χ1n) is 19.7. The third-order valence-electron chi connectivity index (χ3n) is 11.5. The van der Waals surface area contributed by atoms with E-state index in [1.165, 1.54) is 43.9 Å². The molecule has 9 aromatic rings. The number of ether oxygens (including phenoxy) is 3. The summed E-state index contributed by atoms with van der Waals surface area (Å²) in [6.45, 7) is 3.92. The highest BCUT2D eigenvalue weighted by atomic mass is 32.1. The first-order chi connectivity index (χ1) is 29.6. The van der Waals surface area contributed by atoms with E-state index in [2.05, 4.69) is 92.5 Å². The van der Waals surface area contributed by atoms with E-state index >= 15 is 0 Å². The second-order valence-electron chi connectivity index (χ2n) is 15.2. The quantitative estimate of drug-likeness (QED) is 0.0606. The Morgan fingerprint density at radius 2 is 1.31 bits per heavy atom. The van der Waals surface area contributed by atoms with Gasteiger partial charge in [-0.05, 0) is 104 Å². The molecular formula is C51H40O7S3. The summed E-state index contributed by atoms with van der Waals surface area (Å²) >= 11 is 13.0. The Morgan fingerprint density at radius 1 is 0.639 bits per heavy atom. The van der Waals surface area contributed by atoms with Crippen molar-refractivity contribution in [3.05, 3.63) is 188 Å². The smallest absolute Gasteiger partial charge is 0.340 e. The fourth-order valence-corrected chi connectivity index (χ4v) is 9.35. The molecule has 1 spiro atoms. The number of fused-ring (bicyclic) bond motifs is 7. The van der Waals surface area contributed by atoms with Crippen LogP contribution in [-0.4, -0.2) is 18.2 Å². The van der Waals surface area contributed by atoms with Crippen LogP contribution < -0.4 is 15.1 Å². The van der Waals surface area contributed by atoms with E-state index < -0.39 is 5.60 Å². The number of rotatable bonds is 4. The average Bonchev–Trinajstić information content (AvgIpc) is 3.56. The number of carbonyl (C=O) groups excluding carboxylic acids is 1. The van der Waals surface area contributed by atoms with E-state index in [0.29, 0.717) is 45.5 Å². The van der Waals surface area contributed by atoms with Crippen LogP contribution in [0.2, 0.25) is 0 Å². The molecule has 7 nitrogen and oxygen atoms in total. The number of hydrogen-bond donors (Lipinski definition) is 4. The van der Waals surface area contributed by atoms with Crippen molar-refractivity contribution < 1.29 is 28.5 Å². The zero-order valence-corrected chi connectivity index (χ0v) is 36.2. The molecule has 0 aliphatic carbocycles. The lowest BCUT2D eigenvalue weighted by Crippen LogP contribution is -2.33. The summed E-state index contributed by atoms with van der Waals surface area (Å²) in [6, 6.07) is 41.4. The van der Waals surface area contributed by atoms with Gasteiger partial charge in [0.1, 0.15) is 28.6 Å². The summed E-state index contributed by atoms with van der Waals surface area (Å²) < 4.78 is 22.4. The number of thiol groups is 3. The van der Waals surface area contributed by atoms with Crippen LogP contribution in [0.4, 0.5) is 0 Å². The molecular weight excluding hydrogens is 821 g/mol. The van der Waals surface area contributed by atoms with Gasteiger partial charge in [0.25, 0.3) is 0 Å². The van der Waals surface area contributed by atoms with Gasteiger partial charge in [0, 0.05) is 57.5 Å². The summed E-state index contributed by atoms with van der Waals surface area (Å²) in [5, 5.41) is 18.9. The maximum absolute atomic E-state index is 12.8. The van der Waals surface area contributed by atoms with Crippen LogP contribution in [0.25, 0.3) is 43.3 Å². The highest BCUT2D eigenvalue weighted by molar-refractivity contribution is 7.79. The second kappa shape index (κ2) is 16.1. The molecule has 0 bridgehead atoms. The van der Waals surface area contributed by atoms with Gasteiger partial charge in [0.15, 0.2) is 5.60 Å². The highest BCUT2D eigenvalue weighted by Crippen LogP contribution is 2.56. The molecule has 0 saturated heterocycles. The third kappa shape index (κ3) is 6.92. The molecule has 0 amide bonds. The molecule has 1 unspecified atom stereocenters. The molecule has 11 rings (SSSR count). The molecule has 0 radical (unpaired) electrons. The summed E-state index contributed by atoms with van der Waals surface area (Å²) in [7, 11) is 1.59. The van der Waals surface area contributed by atoms with Crippen molar-refractivity contribution in [3.8, 4) is 23.0 Å². The lowest BCUT2D eigenvalue weighted by atomic mass is 9.77. The Balaban J connectivity index is 0.000000123. The molecule has 2 aliphatic rings. The molecule has 0 saturated carbocycles. The fourth-order valence-electron chi connectivity index (χ4n) is 8.62. The number of esters is 1. The minimum atomic E-state index is -1.09. The highest BCUT2D eigenvalue weighted by Gasteiger charge is 2.53. The standard InChI is InChI=1S/C22H16O4S.C17H12S.C12H12O3S/c1-12-2-5-17-19(8-12)25-20-10-14(23)4-7-18(20)22(17)16-6-3-13(11-27)9-15(16)21(24)26-22;18-10-14-7-6-13-5-4-11-2-1-3-12-8-9-15(14)17(13)16(11)12;1-7-3-9-8(6-16)4-12(13)15-11(9)5-10(7)14-2/h2-10,23,27H,11H2,1H3;1-9,18H,10H2;3-5,16H,6H2,1-2H3. The van der Waals surface area contributed by atoms with Crippen LogP contribution in [0.1, 0.15) is 54.9 Å². The van der Waals surface area contributed by atoms with E-state index in [9.17, 15) is 14.7 Å². The lowest BCUT2D eigenvalue weighted by Gasteiger charge is -2.36. The van der Waals surface area contributed by atoms with Crippen molar-refractivity contribution in [1.82, 2.24) is 0 Å². The summed E-state index contributed by atoms with van der Waals surface area (Å²) in [5.74, 6) is 3.36. The molecule has 1 aromatic heterocycles. The summed E-state index contributed by atoms with van der Waals surface area (Å²) in [5.41, 5.74) is 7.05. The molecule has 304 valence electrons. The number of methoxy groups -OCH3 is 1. The first-order valence-corrected chi connectivity index (χ1v) is 21.5. The minimum absolute atomic E-state index is 0.0926. The minimum Gasteiger partial charge on any atom is -0.508 e. The Hall–Kier alpha value is -6.07. The normalized spacial score (nSPS) is 14.8. The maximum atomic E-state index is 12.8. The van der Waals surface area contributed by atoms with Crippen LogP contribution in [0, 0.1) is 13.8 Å². The zero-order chi connectivity index (χ0) is 42.6. The third-order valence-corrected chi connectivity index (χ3v) is 12.5. The van der Waals surface area contributed by atoms with Crippen molar-refractivity contribution in [2.75, 3.05) is 7.11 Å². The number of aryl methyl sites for hydroxylation is 2. The second-order valence-corrected chi connectivity index (χ2v) is 16.1. The Kier molecular flexibility index (Phi) is 10.6. The van der Waals surface area contributed by atoms with Gasteiger partial charge in [-0.1, -0.05) is 78.9 Å². The van der Waals surface area contributed by atoms with Crippen molar-refractivity contribution in [2.24, 2.45) is 0 Å². The molecule has 1 atom stereocenters. The van der Waals surface area contributed by atoms with Crippen molar-refractivity contribution >= 4 is 87.1 Å². The van der Waals surface area contributed by atoms with Crippen molar-refractivity contribution in [1.29, 1.82) is 0 Å². The lowest BCUT2D eigenvalue weighted by molar-refractivity contribution is 0.0224. The molecule has 10 heteroatoms. The molecule has 61 heavy (non-hydrogen) atoms. The van der Waals surface area contributed by atoms with Gasteiger partial charge in [-0.15, -0.1) is 0 Å². The Bertz CT molecular complexity index is 3180. The number of benzene rings is 8. The molecule has 3 heterocycles. The molecule has 0 fully saturated rings. The number of aromatic hydroxyl groups is 1. The number of phenols is 1. The molecule has 1 N–H and O–H groups in total. The van der Waals surface area contributed by atoms with Gasteiger partial charge in [-0.3, -0.25) is 0 Å². The van der Waals surface area contributed by atoms with E-state index in [1.54, 1.807) is 31.4 Å². The Labute approximate surface area is 368 Å². The first kappa shape index (κ1) is 40.3. The summed E-state index contributed by atoms with van der Waals surface area (Å²) in [4.78, 5) is 24.1. The fraction of sp³-hybridized carbons (Fsp3) is 0.137. The van der Waals surface area contributed by atoms with Crippen LogP contribution in [0.3, 0.4) is 0 Å². The van der Waals surface area contributed by atoms with Crippen LogP contribution in [-0.2, 0) is 27.6 Å². The van der Waals surface area contributed by atoms with Crippen LogP contribution in [0.5, 0.6) is 23.0 Å². The van der Waals surface area contributed by atoms with Gasteiger partial charge in [-0.25, -0.2) is 9.59 Å². The van der Waals surface area contributed by atoms with Gasteiger partial charge < -0.3 is 23.7 Å². The number of hydrogen-bond acceptors (Lipinski definition) is 10. The predicted molar refractivity (Wildman–Crippen MR) is 253 cm³/mol. The van der Waals surface area contributed by atoms with E-state index in [4.69, 9.17) is 18.6 Å². The Morgan fingerprint density at radius 3 is 2.03 bits per heavy atom. The topological polar surface area (TPSA) is 95.2 Å². The van der Waals surface area contributed by atoms with E-state index in [-0.39, 0.29) is 17.3 Å². The van der Waals surface area contributed by atoms with Crippen LogP contribution in [0.15, 0.2) is 137 Å². The van der Waals surface area contributed by atoms with Gasteiger partial charge >= 0.3 is 11.6 Å². The van der Waals surface area contributed by atoms with Gasteiger partial charge in [0.05, 0.1) is 12.7 Å². The van der Waals surface area contributed by atoms with Gasteiger partial charge in [-0.2, -0.15) is 37.9 Å². The van der Waals surface area contributed by atoms with Gasteiger partial charge in [0.2, 0.25) is 0 Å². The molecule has 2 aliphatic heterocycles.